The summed E-state index contributed by atoms with van der Waals surface area (Å²) in [5.41, 5.74) is 0.436. The zero-order chi connectivity index (χ0) is 14.7. The molecule has 2 aromatic rings. The van der Waals surface area contributed by atoms with Crippen molar-refractivity contribution in [1.82, 2.24) is 0 Å². The summed E-state index contributed by atoms with van der Waals surface area (Å²) < 4.78 is 10.2. The predicted octanol–water partition coefficient (Wildman–Crippen LogP) is 2.50. The molecule has 5 heteroatoms. The highest BCUT2D eigenvalue weighted by Crippen LogP contribution is 2.34. The minimum atomic E-state index is -0.469. The molecule has 0 saturated heterocycles. The van der Waals surface area contributed by atoms with E-state index < -0.39 is 11.9 Å². The van der Waals surface area contributed by atoms with Gasteiger partial charge in [0.1, 0.15) is 17.8 Å². The molecule has 0 unspecified atom stereocenters. The van der Waals surface area contributed by atoms with Gasteiger partial charge in [-0.1, -0.05) is 6.07 Å². The Hall–Kier alpha value is -2.69. The Balaban J connectivity index is 2.67. The number of carbonyl (C=O) groups is 3. The van der Waals surface area contributed by atoms with Crippen molar-refractivity contribution in [1.29, 1.82) is 0 Å². The predicted molar refractivity (Wildman–Crippen MR) is 72.0 cm³/mol. The second-order valence-corrected chi connectivity index (χ2v) is 4.17. The van der Waals surface area contributed by atoms with E-state index in [-0.39, 0.29) is 0 Å². The second-order valence-electron chi connectivity index (χ2n) is 4.17. The van der Waals surface area contributed by atoms with E-state index in [9.17, 15) is 14.4 Å². The van der Waals surface area contributed by atoms with Crippen LogP contribution in [0.4, 0.5) is 0 Å². The molecule has 0 saturated carbocycles. The van der Waals surface area contributed by atoms with Gasteiger partial charge in [0, 0.05) is 30.2 Å². The van der Waals surface area contributed by atoms with Gasteiger partial charge in [-0.3, -0.25) is 14.4 Å². The van der Waals surface area contributed by atoms with Gasteiger partial charge in [0.05, 0.1) is 0 Å². The summed E-state index contributed by atoms with van der Waals surface area (Å²) in [5, 5.41) is 1.12. The molecule has 0 aliphatic heterocycles. The Morgan fingerprint density at radius 2 is 1.45 bits per heavy atom. The fourth-order valence-corrected chi connectivity index (χ4v) is 1.87. The summed E-state index contributed by atoms with van der Waals surface area (Å²) in [6.45, 7) is 2.58. The van der Waals surface area contributed by atoms with E-state index >= 15 is 0 Å². The smallest absolute Gasteiger partial charge is 0.308 e. The Labute approximate surface area is 115 Å². The van der Waals surface area contributed by atoms with Crippen molar-refractivity contribution in [2.75, 3.05) is 0 Å². The number of carbonyl (C=O) groups excluding carboxylic acids is 3. The van der Waals surface area contributed by atoms with Crippen LogP contribution in [0.2, 0.25) is 0 Å². The molecule has 0 heterocycles. The van der Waals surface area contributed by atoms with Crippen molar-refractivity contribution in [3.63, 3.8) is 0 Å². The molecule has 0 bridgehead atoms. The monoisotopic (exact) mass is 272 g/mol. The van der Waals surface area contributed by atoms with E-state index in [1.165, 1.54) is 19.9 Å². The molecule has 5 nitrogen and oxygen atoms in total. The summed E-state index contributed by atoms with van der Waals surface area (Å²) >= 11 is 0. The first-order chi connectivity index (χ1) is 9.51. The van der Waals surface area contributed by atoms with E-state index in [1.807, 2.05) is 0 Å². The van der Waals surface area contributed by atoms with Crippen LogP contribution in [0, 0.1) is 0 Å². The van der Waals surface area contributed by atoms with Crippen LogP contribution in [-0.4, -0.2) is 18.2 Å². The standard InChI is InChI=1S/C15H12O5/c1-9(17)19-14-5-6-15(20-10(2)18)13-7-11(8-16)3-4-12(13)14/h3-8H,1-2H3. The van der Waals surface area contributed by atoms with Crippen LogP contribution in [-0.2, 0) is 9.59 Å². The molecule has 0 aliphatic rings. The first kappa shape index (κ1) is 13.7. The number of benzene rings is 2. The van der Waals surface area contributed by atoms with Crippen LogP contribution in [0.1, 0.15) is 24.2 Å². The molecule has 0 aliphatic carbocycles. The van der Waals surface area contributed by atoms with Crippen molar-refractivity contribution < 1.29 is 23.9 Å². The first-order valence-electron chi connectivity index (χ1n) is 5.90. The van der Waals surface area contributed by atoms with Gasteiger partial charge in [-0.05, 0) is 24.3 Å². The molecule has 0 aromatic heterocycles. The third-order valence-corrected chi connectivity index (χ3v) is 2.60. The molecule has 0 N–H and O–H groups in total. The first-order valence-corrected chi connectivity index (χ1v) is 5.90. The molecule has 0 fully saturated rings. The number of ether oxygens (including phenoxy) is 2. The van der Waals surface area contributed by atoms with Gasteiger partial charge in [0.25, 0.3) is 0 Å². The Bertz CT molecular complexity index is 703. The molecule has 20 heavy (non-hydrogen) atoms. The minimum Gasteiger partial charge on any atom is -0.426 e. The lowest BCUT2D eigenvalue weighted by molar-refractivity contribution is -0.132. The van der Waals surface area contributed by atoms with Gasteiger partial charge in [-0.25, -0.2) is 0 Å². The molecule has 0 radical (unpaired) electrons. The van der Waals surface area contributed by atoms with E-state index in [1.54, 1.807) is 24.3 Å². The van der Waals surface area contributed by atoms with Gasteiger partial charge >= 0.3 is 11.9 Å². The Morgan fingerprint density at radius 3 is 1.95 bits per heavy atom. The van der Waals surface area contributed by atoms with Crippen molar-refractivity contribution in [2.24, 2.45) is 0 Å². The van der Waals surface area contributed by atoms with Crippen molar-refractivity contribution in [3.05, 3.63) is 35.9 Å². The maximum Gasteiger partial charge on any atom is 0.308 e. The Kier molecular flexibility index (Phi) is 3.79. The fraction of sp³-hybridized carbons (Fsp3) is 0.133. The fourth-order valence-electron chi connectivity index (χ4n) is 1.87. The second kappa shape index (κ2) is 5.52. The van der Waals surface area contributed by atoms with Crippen LogP contribution in [0.25, 0.3) is 10.8 Å². The summed E-state index contributed by atoms with van der Waals surface area (Å²) in [7, 11) is 0. The largest absolute Gasteiger partial charge is 0.426 e. The number of rotatable bonds is 3. The number of hydrogen-bond acceptors (Lipinski definition) is 5. The maximum absolute atomic E-state index is 11.1. The lowest BCUT2D eigenvalue weighted by Crippen LogP contribution is -2.04. The zero-order valence-corrected chi connectivity index (χ0v) is 11.0. The molecule has 0 spiro atoms. The summed E-state index contributed by atoms with van der Waals surface area (Å²) in [5.74, 6) is -0.262. The van der Waals surface area contributed by atoms with Gasteiger partial charge in [-0.2, -0.15) is 0 Å². The lowest BCUT2D eigenvalue weighted by Gasteiger charge is -2.10. The molecule has 0 amide bonds. The third-order valence-electron chi connectivity index (χ3n) is 2.60. The van der Waals surface area contributed by atoms with Crippen molar-refractivity contribution in [3.8, 4) is 11.5 Å². The van der Waals surface area contributed by atoms with Crippen LogP contribution in [0.3, 0.4) is 0 Å². The molecular formula is C15H12O5. The Morgan fingerprint density at radius 1 is 0.900 bits per heavy atom. The van der Waals surface area contributed by atoms with Crippen LogP contribution in [0.5, 0.6) is 11.5 Å². The normalized spacial score (nSPS) is 10.1. The van der Waals surface area contributed by atoms with Crippen LogP contribution in [0.15, 0.2) is 30.3 Å². The number of fused-ring (bicyclic) bond motifs is 1. The lowest BCUT2D eigenvalue weighted by atomic mass is 10.1. The van der Waals surface area contributed by atoms with Crippen molar-refractivity contribution in [2.45, 2.75) is 13.8 Å². The van der Waals surface area contributed by atoms with E-state index in [2.05, 4.69) is 0 Å². The quantitative estimate of drug-likeness (QED) is 0.488. The zero-order valence-electron chi connectivity index (χ0n) is 11.0. The van der Waals surface area contributed by atoms with Gasteiger partial charge in [0.2, 0.25) is 0 Å². The highest BCUT2D eigenvalue weighted by Gasteiger charge is 2.11. The van der Waals surface area contributed by atoms with E-state index in [4.69, 9.17) is 9.47 Å². The SMILES string of the molecule is CC(=O)Oc1ccc(OC(C)=O)c2cc(C=O)ccc12. The van der Waals surface area contributed by atoms with Gasteiger partial charge in [0.15, 0.2) is 0 Å². The molecule has 2 rings (SSSR count). The van der Waals surface area contributed by atoms with Crippen LogP contribution >= 0.6 is 0 Å². The number of esters is 2. The molecule has 2 aromatic carbocycles. The topological polar surface area (TPSA) is 69.7 Å². The average molecular weight is 272 g/mol. The molecular weight excluding hydrogens is 260 g/mol. The molecule has 102 valence electrons. The number of aldehydes is 1. The van der Waals surface area contributed by atoms with E-state index in [0.717, 1.165) is 0 Å². The number of hydrogen-bond donors (Lipinski definition) is 0. The molecule has 0 atom stereocenters. The highest BCUT2D eigenvalue weighted by molar-refractivity contribution is 5.98. The summed E-state index contributed by atoms with van der Waals surface area (Å²) in [6.07, 6.45) is 0.690. The minimum absolute atomic E-state index is 0.312. The average Bonchev–Trinajstić information content (AvgIpc) is 2.40. The van der Waals surface area contributed by atoms with Crippen LogP contribution < -0.4 is 9.47 Å². The van der Waals surface area contributed by atoms with Gasteiger partial charge < -0.3 is 9.47 Å². The third kappa shape index (κ3) is 2.83. The maximum atomic E-state index is 11.1. The van der Waals surface area contributed by atoms with Crippen molar-refractivity contribution >= 4 is 29.0 Å². The van der Waals surface area contributed by atoms with Gasteiger partial charge in [-0.15, -0.1) is 0 Å². The summed E-state index contributed by atoms with van der Waals surface area (Å²) in [6, 6.07) is 7.89. The van der Waals surface area contributed by atoms with E-state index in [0.29, 0.717) is 34.1 Å². The summed E-state index contributed by atoms with van der Waals surface area (Å²) in [4.78, 5) is 33.0. The highest BCUT2D eigenvalue weighted by atomic mass is 16.5.